The van der Waals surface area contributed by atoms with E-state index in [-0.39, 0.29) is 11.5 Å². The zero-order valence-electron chi connectivity index (χ0n) is 11.7. The van der Waals surface area contributed by atoms with Crippen molar-refractivity contribution >= 4 is 23.3 Å². The Kier molecular flexibility index (Phi) is 3.83. The lowest BCUT2D eigenvalue weighted by Gasteiger charge is -2.36. The lowest BCUT2D eigenvalue weighted by atomic mass is 10.1. The molecule has 0 aliphatic carbocycles. The minimum atomic E-state index is -1.02. The van der Waals surface area contributed by atoms with E-state index in [9.17, 15) is 14.7 Å². The van der Waals surface area contributed by atoms with Crippen molar-refractivity contribution in [3.8, 4) is 0 Å². The van der Waals surface area contributed by atoms with Gasteiger partial charge in [-0.1, -0.05) is 0 Å². The molecular formula is C14H19N3O3. The number of amides is 1. The summed E-state index contributed by atoms with van der Waals surface area (Å²) >= 11 is 0. The number of carbonyl (C=O) groups is 2. The number of hydrogen-bond donors (Lipinski definition) is 2. The summed E-state index contributed by atoms with van der Waals surface area (Å²) < 4.78 is 0. The Balaban J connectivity index is 2.22. The number of nitrogen functional groups attached to an aromatic ring is 1. The number of nitrogens with zero attached hydrogens (tertiary/aromatic N) is 2. The van der Waals surface area contributed by atoms with Crippen molar-refractivity contribution in [3.05, 3.63) is 23.3 Å². The fourth-order valence-corrected chi connectivity index (χ4v) is 2.42. The lowest BCUT2D eigenvalue weighted by Crippen LogP contribution is -2.48. The van der Waals surface area contributed by atoms with E-state index in [1.807, 2.05) is 6.07 Å². The van der Waals surface area contributed by atoms with Gasteiger partial charge in [-0.25, -0.2) is 4.79 Å². The Morgan fingerprint density at radius 3 is 2.30 bits per heavy atom. The Morgan fingerprint density at radius 2 is 1.80 bits per heavy atom. The van der Waals surface area contributed by atoms with Crippen LogP contribution in [0.25, 0.3) is 0 Å². The number of piperazine rings is 1. The molecule has 0 unspecified atom stereocenters. The zero-order chi connectivity index (χ0) is 14.9. The number of carboxylic acid groups (broad SMARTS) is 1. The summed E-state index contributed by atoms with van der Waals surface area (Å²) in [4.78, 5) is 26.4. The van der Waals surface area contributed by atoms with E-state index in [0.717, 1.165) is 11.3 Å². The van der Waals surface area contributed by atoms with Crippen molar-refractivity contribution in [3.63, 3.8) is 0 Å². The highest BCUT2D eigenvalue weighted by molar-refractivity contribution is 5.95. The van der Waals surface area contributed by atoms with Gasteiger partial charge in [0.15, 0.2) is 0 Å². The monoisotopic (exact) mass is 277 g/mol. The van der Waals surface area contributed by atoms with Crippen molar-refractivity contribution in [1.82, 2.24) is 4.90 Å². The first-order valence-corrected chi connectivity index (χ1v) is 6.54. The van der Waals surface area contributed by atoms with Crippen LogP contribution in [-0.4, -0.2) is 48.1 Å². The largest absolute Gasteiger partial charge is 0.478 e. The summed E-state index contributed by atoms with van der Waals surface area (Å²) in [5.74, 6) is -0.945. The van der Waals surface area contributed by atoms with Crippen LogP contribution in [0, 0.1) is 6.92 Å². The summed E-state index contributed by atoms with van der Waals surface area (Å²) in [5.41, 5.74) is 7.84. The van der Waals surface area contributed by atoms with Crippen molar-refractivity contribution in [2.75, 3.05) is 36.8 Å². The molecule has 1 heterocycles. The predicted molar refractivity (Wildman–Crippen MR) is 77.0 cm³/mol. The van der Waals surface area contributed by atoms with Gasteiger partial charge in [0.1, 0.15) is 0 Å². The molecule has 0 atom stereocenters. The van der Waals surface area contributed by atoms with Crippen LogP contribution >= 0.6 is 0 Å². The standard InChI is InChI=1S/C14H19N3O3/c1-9-7-11(8-12(13(9)15)14(19)20)17-5-3-16(4-6-17)10(2)18/h7-8H,3-6,15H2,1-2H3,(H,19,20). The van der Waals surface area contributed by atoms with Crippen LogP contribution in [0.3, 0.4) is 0 Å². The third kappa shape index (κ3) is 2.68. The molecule has 1 fully saturated rings. The molecule has 1 aliphatic heterocycles. The van der Waals surface area contributed by atoms with Crippen LogP contribution in [0.4, 0.5) is 11.4 Å². The smallest absolute Gasteiger partial charge is 0.337 e. The quantitative estimate of drug-likeness (QED) is 0.786. The average Bonchev–Trinajstić information content (AvgIpc) is 2.41. The second kappa shape index (κ2) is 5.40. The number of anilines is 2. The minimum absolute atomic E-state index is 0.0735. The molecular weight excluding hydrogens is 258 g/mol. The average molecular weight is 277 g/mol. The van der Waals surface area contributed by atoms with E-state index in [1.165, 1.54) is 0 Å². The molecule has 1 aromatic carbocycles. The molecule has 1 aliphatic rings. The molecule has 108 valence electrons. The molecule has 0 radical (unpaired) electrons. The van der Waals surface area contributed by atoms with Crippen molar-refractivity contribution in [2.45, 2.75) is 13.8 Å². The molecule has 1 saturated heterocycles. The van der Waals surface area contributed by atoms with Crippen LogP contribution in [0.2, 0.25) is 0 Å². The molecule has 2 rings (SSSR count). The van der Waals surface area contributed by atoms with E-state index in [1.54, 1.807) is 24.8 Å². The highest BCUT2D eigenvalue weighted by Crippen LogP contribution is 2.26. The van der Waals surface area contributed by atoms with Gasteiger partial charge in [-0.15, -0.1) is 0 Å². The summed E-state index contributed by atoms with van der Waals surface area (Å²) in [6.07, 6.45) is 0. The Hall–Kier alpha value is -2.24. The molecule has 1 aromatic rings. The van der Waals surface area contributed by atoms with Gasteiger partial charge in [-0.2, -0.15) is 0 Å². The van der Waals surface area contributed by atoms with Crippen molar-refractivity contribution in [2.24, 2.45) is 0 Å². The number of carbonyl (C=O) groups excluding carboxylic acids is 1. The molecule has 0 saturated carbocycles. The maximum atomic E-state index is 11.3. The van der Waals surface area contributed by atoms with Gasteiger partial charge in [0.25, 0.3) is 0 Å². The van der Waals surface area contributed by atoms with Crippen LogP contribution in [0.5, 0.6) is 0 Å². The normalized spacial score (nSPS) is 15.3. The number of carboxylic acids is 1. The minimum Gasteiger partial charge on any atom is -0.478 e. The Labute approximate surface area is 117 Å². The predicted octanol–water partition coefficient (Wildman–Crippen LogP) is 0.944. The van der Waals surface area contributed by atoms with Gasteiger partial charge < -0.3 is 20.6 Å². The number of aryl methyl sites for hydroxylation is 1. The third-order valence-electron chi connectivity index (χ3n) is 3.69. The van der Waals surface area contributed by atoms with Crippen LogP contribution in [0.1, 0.15) is 22.8 Å². The van der Waals surface area contributed by atoms with Gasteiger partial charge in [0, 0.05) is 44.5 Å². The first-order chi connectivity index (χ1) is 9.40. The molecule has 3 N–H and O–H groups in total. The zero-order valence-corrected chi connectivity index (χ0v) is 11.7. The summed E-state index contributed by atoms with van der Waals surface area (Å²) in [7, 11) is 0. The summed E-state index contributed by atoms with van der Waals surface area (Å²) in [5, 5.41) is 9.18. The van der Waals surface area contributed by atoms with Gasteiger partial charge in [-0.3, -0.25) is 4.79 Å². The maximum absolute atomic E-state index is 11.3. The SMILES string of the molecule is CC(=O)N1CCN(c2cc(C)c(N)c(C(=O)O)c2)CC1. The van der Waals surface area contributed by atoms with E-state index < -0.39 is 5.97 Å². The highest BCUT2D eigenvalue weighted by atomic mass is 16.4. The van der Waals surface area contributed by atoms with Crippen LogP contribution in [0.15, 0.2) is 12.1 Å². The number of aromatic carboxylic acids is 1. The van der Waals surface area contributed by atoms with E-state index in [0.29, 0.717) is 31.9 Å². The van der Waals surface area contributed by atoms with E-state index in [4.69, 9.17) is 5.73 Å². The first-order valence-electron chi connectivity index (χ1n) is 6.54. The summed E-state index contributed by atoms with van der Waals surface area (Å²) in [6.45, 7) is 6.06. The maximum Gasteiger partial charge on any atom is 0.337 e. The number of hydrogen-bond acceptors (Lipinski definition) is 4. The number of benzene rings is 1. The lowest BCUT2D eigenvalue weighted by molar-refractivity contribution is -0.129. The summed E-state index contributed by atoms with van der Waals surface area (Å²) in [6, 6.07) is 3.50. The number of rotatable bonds is 2. The first kappa shape index (κ1) is 14.2. The molecule has 0 aromatic heterocycles. The molecule has 0 spiro atoms. The third-order valence-corrected chi connectivity index (χ3v) is 3.69. The van der Waals surface area contributed by atoms with Gasteiger partial charge in [0.05, 0.1) is 5.56 Å². The highest BCUT2D eigenvalue weighted by Gasteiger charge is 2.21. The van der Waals surface area contributed by atoms with Gasteiger partial charge >= 0.3 is 5.97 Å². The van der Waals surface area contributed by atoms with Crippen LogP contribution < -0.4 is 10.6 Å². The second-order valence-corrected chi connectivity index (χ2v) is 5.02. The second-order valence-electron chi connectivity index (χ2n) is 5.02. The van der Waals surface area contributed by atoms with Crippen molar-refractivity contribution in [1.29, 1.82) is 0 Å². The molecule has 0 bridgehead atoms. The molecule has 1 amide bonds. The van der Waals surface area contributed by atoms with Gasteiger partial charge in [-0.05, 0) is 24.6 Å². The number of nitrogens with two attached hydrogens (primary N) is 1. The molecule has 20 heavy (non-hydrogen) atoms. The van der Waals surface area contributed by atoms with Gasteiger partial charge in [0.2, 0.25) is 5.91 Å². The van der Waals surface area contributed by atoms with Crippen LogP contribution in [-0.2, 0) is 4.79 Å². The fraction of sp³-hybridized carbons (Fsp3) is 0.429. The topological polar surface area (TPSA) is 86.9 Å². The molecule has 6 nitrogen and oxygen atoms in total. The Morgan fingerprint density at radius 1 is 1.20 bits per heavy atom. The molecule has 6 heteroatoms. The van der Waals surface area contributed by atoms with E-state index >= 15 is 0 Å². The Bertz CT molecular complexity index is 549. The van der Waals surface area contributed by atoms with E-state index in [2.05, 4.69) is 4.90 Å². The fourth-order valence-electron chi connectivity index (χ4n) is 2.42. The van der Waals surface area contributed by atoms with Crippen molar-refractivity contribution < 1.29 is 14.7 Å².